The molecule has 1 unspecified atom stereocenters. The van der Waals surface area contributed by atoms with E-state index in [0.717, 1.165) is 0 Å². The molecule has 2 rings (SSSR count). The van der Waals surface area contributed by atoms with E-state index >= 15 is 0 Å². The van der Waals surface area contributed by atoms with E-state index in [2.05, 4.69) is 20.8 Å². The number of benzene rings is 1. The van der Waals surface area contributed by atoms with E-state index in [9.17, 15) is 9.59 Å². The van der Waals surface area contributed by atoms with E-state index in [-0.39, 0.29) is 18.9 Å². The third-order valence-corrected chi connectivity index (χ3v) is 2.73. The number of carbonyl (C=O) groups excluding carboxylic acids is 1. The van der Waals surface area contributed by atoms with Crippen LogP contribution in [-0.4, -0.2) is 54.9 Å². The molecule has 0 saturated heterocycles. The number of amides is 1. The van der Waals surface area contributed by atoms with Crippen molar-refractivity contribution in [2.24, 2.45) is 0 Å². The van der Waals surface area contributed by atoms with E-state index in [1.807, 2.05) is 0 Å². The molecule has 0 bridgehead atoms. The molecule has 0 aliphatic heterocycles. The van der Waals surface area contributed by atoms with Crippen LogP contribution in [0.4, 0.5) is 0 Å². The lowest BCUT2D eigenvalue weighted by atomic mass is 10.2. The van der Waals surface area contributed by atoms with Gasteiger partial charge in [0.25, 0.3) is 5.91 Å². The molecule has 1 heterocycles. The Morgan fingerprint density at radius 1 is 1.29 bits per heavy atom. The summed E-state index contributed by atoms with van der Waals surface area (Å²) in [6, 6.07) is 6.55. The van der Waals surface area contributed by atoms with E-state index in [1.165, 1.54) is 11.0 Å². The van der Waals surface area contributed by atoms with Crippen LogP contribution in [0.25, 0.3) is 5.69 Å². The fourth-order valence-corrected chi connectivity index (χ4v) is 1.59. The van der Waals surface area contributed by atoms with Crippen molar-refractivity contribution >= 4 is 11.9 Å². The number of hydrogen-bond donors (Lipinski definition) is 3. The van der Waals surface area contributed by atoms with Gasteiger partial charge in [0.15, 0.2) is 6.10 Å². The number of aliphatic hydroxyl groups is 1. The Morgan fingerprint density at radius 2 is 2.00 bits per heavy atom. The maximum atomic E-state index is 11.8. The third kappa shape index (κ3) is 3.83. The predicted molar refractivity (Wildman–Crippen MR) is 69.7 cm³/mol. The molecule has 1 amide bonds. The molecule has 0 saturated carbocycles. The Labute approximate surface area is 119 Å². The normalized spacial score (nSPS) is 11.9. The van der Waals surface area contributed by atoms with Crippen molar-refractivity contribution in [3.05, 3.63) is 36.2 Å². The molecule has 9 nitrogen and oxygen atoms in total. The minimum absolute atomic E-state index is 0.0518. The zero-order valence-corrected chi connectivity index (χ0v) is 10.9. The predicted octanol–water partition coefficient (Wildman–Crippen LogP) is -0.772. The number of carbonyl (C=O) groups is 2. The van der Waals surface area contributed by atoms with Crippen LogP contribution in [0.2, 0.25) is 0 Å². The number of nitrogens with zero attached hydrogens (tertiary/aromatic N) is 4. The molecule has 21 heavy (non-hydrogen) atoms. The van der Waals surface area contributed by atoms with Gasteiger partial charge in [0.1, 0.15) is 6.33 Å². The summed E-state index contributed by atoms with van der Waals surface area (Å²) in [4.78, 5) is 22.2. The second kappa shape index (κ2) is 6.57. The summed E-state index contributed by atoms with van der Waals surface area (Å²) in [5.74, 6) is -1.66. The lowest BCUT2D eigenvalue weighted by Crippen LogP contribution is -2.30. The molecule has 1 aromatic carbocycles. The zero-order chi connectivity index (χ0) is 15.2. The number of nitrogens with one attached hydrogen (secondary N) is 1. The molecule has 0 spiro atoms. The molecule has 2 aromatic rings. The second-order valence-electron chi connectivity index (χ2n) is 4.20. The van der Waals surface area contributed by atoms with Crippen molar-refractivity contribution in [2.45, 2.75) is 12.5 Å². The molecule has 0 aliphatic carbocycles. The Morgan fingerprint density at radius 3 is 2.57 bits per heavy atom. The smallest absolute Gasteiger partial charge is 0.332 e. The number of carboxylic acids is 1. The average molecular weight is 291 g/mol. The quantitative estimate of drug-likeness (QED) is 0.636. The standard InChI is InChI=1S/C12H13N5O4/c18-10(12(20)21)5-6-13-11(19)8-1-3-9(4-2-8)17-7-14-15-16-17/h1-4,7,10,18H,5-6H2,(H,13,19)(H,20,21). The molecule has 3 N–H and O–H groups in total. The van der Waals surface area contributed by atoms with Crippen LogP contribution in [0.3, 0.4) is 0 Å². The Hall–Kier alpha value is -2.81. The number of hydrogen-bond acceptors (Lipinski definition) is 6. The number of aliphatic hydroxyl groups excluding tert-OH is 1. The third-order valence-electron chi connectivity index (χ3n) is 2.73. The van der Waals surface area contributed by atoms with E-state index in [0.29, 0.717) is 11.3 Å². The van der Waals surface area contributed by atoms with Crippen molar-refractivity contribution in [3.63, 3.8) is 0 Å². The summed E-state index contributed by atoms with van der Waals surface area (Å²) in [5.41, 5.74) is 1.12. The average Bonchev–Trinajstić information content (AvgIpc) is 3.01. The topological polar surface area (TPSA) is 130 Å². The van der Waals surface area contributed by atoms with Gasteiger partial charge in [-0.15, -0.1) is 5.10 Å². The highest BCUT2D eigenvalue weighted by Gasteiger charge is 2.13. The number of carboxylic acid groups (broad SMARTS) is 1. The first-order chi connectivity index (χ1) is 10.1. The summed E-state index contributed by atoms with van der Waals surface area (Å²) in [6.45, 7) is 0.0705. The van der Waals surface area contributed by atoms with Crippen LogP contribution < -0.4 is 5.32 Å². The first kappa shape index (κ1) is 14.6. The highest BCUT2D eigenvalue weighted by atomic mass is 16.4. The van der Waals surface area contributed by atoms with Crippen molar-refractivity contribution < 1.29 is 19.8 Å². The first-order valence-corrected chi connectivity index (χ1v) is 6.10. The van der Waals surface area contributed by atoms with Gasteiger partial charge in [0.05, 0.1) is 5.69 Å². The minimum Gasteiger partial charge on any atom is -0.479 e. The molecule has 1 aromatic heterocycles. The van der Waals surface area contributed by atoms with Crippen LogP contribution >= 0.6 is 0 Å². The lowest BCUT2D eigenvalue weighted by Gasteiger charge is -2.08. The minimum atomic E-state index is -1.48. The molecule has 1 atom stereocenters. The summed E-state index contributed by atoms with van der Waals surface area (Å²) in [6.07, 6.45) is -0.0981. The Balaban J connectivity index is 1.90. The van der Waals surface area contributed by atoms with E-state index in [4.69, 9.17) is 10.2 Å². The summed E-state index contributed by atoms with van der Waals surface area (Å²) in [5, 5.41) is 30.8. The fraction of sp³-hybridized carbons (Fsp3) is 0.250. The lowest BCUT2D eigenvalue weighted by molar-refractivity contribution is -0.146. The van der Waals surface area contributed by atoms with Gasteiger partial charge in [-0.05, 0) is 34.7 Å². The van der Waals surface area contributed by atoms with E-state index in [1.54, 1.807) is 24.3 Å². The SMILES string of the molecule is O=C(NCCC(O)C(=O)O)c1ccc(-n2cnnn2)cc1. The van der Waals surface area contributed by atoms with Crippen molar-refractivity contribution in [3.8, 4) is 5.69 Å². The van der Waals surface area contributed by atoms with Gasteiger partial charge in [0.2, 0.25) is 0 Å². The van der Waals surface area contributed by atoms with Crippen molar-refractivity contribution in [2.75, 3.05) is 6.54 Å². The highest BCUT2D eigenvalue weighted by Crippen LogP contribution is 2.07. The fourth-order valence-electron chi connectivity index (χ4n) is 1.59. The van der Waals surface area contributed by atoms with Crippen LogP contribution in [-0.2, 0) is 4.79 Å². The second-order valence-corrected chi connectivity index (χ2v) is 4.20. The molecule has 9 heteroatoms. The highest BCUT2D eigenvalue weighted by molar-refractivity contribution is 5.94. The van der Waals surface area contributed by atoms with Crippen LogP contribution in [0, 0.1) is 0 Å². The summed E-state index contributed by atoms with van der Waals surface area (Å²) in [7, 11) is 0. The van der Waals surface area contributed by atoms with Gasteiger partial charge in [-0.25, -0.2) is 9.48 Å². The largest absolute Gasteiger partial charge is 0.479 e. The van der Waals surface area contributed by atoms with Crippen molar-refractivity contribution in [1.82, 2.24) is 25.5 Å². The van der Waals surface area contributed by atoms with Crippen LogP contribution in [0.1, 0.15) is 16.8 Å². The molecule has 110 valence electrons. The van der Waals surface area contributed by atoms with E-state index < -0.39 is 12.1 Å². The number of aliphatic carboxylic acids is 1. The van der Waals surface area contributed by atoms with Gasteiger partial charge < -0.3 is 15.5 Å². The molecule has 0 fully saturated rings. The van der Waals surface area contributed by atoms with Crippen LogP contribution in [0.5, 0.6) is 0 Å². The maximum Gasteiger partial charge on any atom is 0.332 e. The molecular formula is C12H13N5O4. The van der Waals surface area contributed by atoms with Gasteiger partial charge in [-0.2, -0.15) is 0 Å². The Kier molecular flexibility index (Phi) is 4.57. The first-order valence-electron chi connectivity index (χ1n) is 6.10. The number of rotatable bonds is 6. The van der Waals surface area contributed by atoms with Crippen molar-refractivity contribution in [1.29, 1.82) is 0 Å². The van der Waals surface area contributed by atoms with Gasteiger partial charge in [-0.3, -0.25) is 4.79 Å². The van der Waals surface area contributed by atoms with Gasteiger partial charge >= 0.3 is 5.97 Å². The number of tetrazole rings is 1. The Bertz CT molecular complexity index is 611. The monoisotopic (exact) mass is 291 g/mol. The van der Waals surface area contributed by atoms with Gasteiger partial charge in [0, 0.05) is 18.5 Å². The van der Waals surface area contributed by atoms with Crippen LogP contribution in [0.15, 0.2) is 30.6 Å². The molecule has 0 radical (unpaired) electrons. The summed E-state index contributed by atoms with van der Waals surface area (Å²) < 4.78 is 1.45. The number of aromatic nitrogens is 4. The van der Waals surface area contributed by atoms with Gasteiger partial charge in [-0.1, -0.05) is 0 Å². The zero-order valence-electron chi connectivity index (χ0n) is 10.9. The molecule has 0 aliphatic rings. The molecular weight excluding hydrogens is 278 g/mol. The summed E-state index contributed by atoms with van der Waals surface area (Å²) >= 11 is 0. The maximum absolute atomic E-state index is 11.8.